The Hall–Kier alpha value is -2.08. The highest BCUT2D eigenvalue weighted by atomic mass is 35.5. The predicted octanol–water partition coefficient (Wildman–Crippen LogP) is 3.96. The molecule has 0 fully saturated rings. The van der Waals surface area contributed by atoms with Gasteiger partial charge in [-0.15, -0.1) is 0 Å². The molecule has 0 saturated heterocycles. The number of carbonyl (C=O) groups is 2. The van der Waals surface area contributed by atoms with Crippen molar-refractivity contribution in [1.82, 2.24) is 5.32 Å². The van der Waals surface area contributed by atoms with E-state index in [9.17, 15) is 9.59 Å². The fourth-order valence-corrected chi connectivity index (χ4v) is 2.83. The van der Waals surface area contributed by atoms with Crippen molar-refractivity contribution in [2.24, 2.45) is 0 Å². The number of ether oxygens (including phenoxy) is 1. The smallest absolute Gasteiger partial charge is 0.335 e. The number of hydrogen-bond donors (Lipinski definition) is 2. The second-order valence-electron chi connectivity index (χ2n) is 5.60. The van der Waals surface area contributed by atoms with Crippen molar-refractivity contribution in [2.45, 2.75) is 19.4 Å². The molecule has 2 aromatic rings. The molecular formula is C19H19Cl2NO4. The van der Waals surface area contributed by atoms with E-state index in [1.165, 1.54) is 6.07 Å². The first-order valence-corrected chi connectivity index (χ1v) is 8.82. The predicted molar refractivity (Wildman–Crippen MR) is 101 cm³/mol. The van der Waals surface area contributed by atoms with Crippen LogP contribution in [-0.2, 0) is 22.6 Å². The van der Waals surface area contributed by atoms with Crippen molar-refractivity contribution in [1.29, 1.82) is 0 Å². The van der Waals surface area contributed by atoms with Gasteiger partial charge in [0.1, 0.15) is 0 Å². The Bertz CT molecular complexity index is 780. The molecule has 2 rings (SSSR count). The van der Waals surface area contributed by atoms with Crippen LogP contribution in [0.4, 0.5) is 0 Å². The zero-order valence-electron chi connectivity index (χ0n) is 14.0. The molecule has 2 N–H and O–H groups in total. The summed E-state index contributed by atoms with van der Waals surface area (Å²) in [6, 6.07) is 11.9. The zero-order chi connectivity index (χ0) is 18.9. The Morgan fingerprint density at radius 3 is 2.58 bits per heavy atom. The van der Waals surface area contributed by atoms with Crippen molar-refractivity contribution in [3.05, 3.63) is 69.2 Å². The highest BCUT2D eigenvalue weighted by Crippen LogP contribution is 2.21. The number of aromatic carboxylic acids is 1. The second-order valence-corrected chi connectivity index (χ2v) is 6.44. The van der Waals surface area contributed by atoms with Crippen LogP contribution in [0.5, 0.6) is 0 Å². The van der Waals surface area contributed by atoms with Gasteiger partial charge in [0, 0.05) is 23.0 Å². The number of nitrogens with one attached hydrogen (secondary N) is 1. The van der Waals surface area contributed by atoms with Gasteiger partial charge in [-0.2, -0.15) is 0 Å². The first-order valence-electron chi connectivity index (χ1n) is 8.07. The van der Waals surface area contributed by atoms with Gasteiger partial charge < -0.3 is 15.2 Å². The lowest BCUT2D eigenvalue weighted by molar-refractivity contribution is -0.121. The quantitative estimate of drug-likeness (QED) is 0.630. The van der Waals surface area contributed by atoms with Crippen LogP contribution in [0, 0.1) is 0 Å². The lowest BCUT2D eigenvalue weighted by atomic mass is 10.0. The number of hydrogen-bond acceptors (Lipinski definition) is 3. The molecule has 5 nitrogen and oxygen atoms in total. The lowest BCUT2D eigenvalue weighted by Gasteiger charge is -2.09. The maximum absolute atomic E-state index is 11.9. The van der Waals surface area contributed by atoms with E-state index in [1.54, 1.807) is 36.4 Å². The Morgan fingerprint density at radius 2 is 1.85 bits per heavy atom. The molecule has 0 aliphatic carbocycles. The summed E-state index contributed by atoms with van der Waals surface area (Å²) in [4.78, 5) is 23.0. The third kappa shape index (κ3) is 6.33. The minimum atomic E-state index is -0.990. The van der Waals surface area contributed by atoms with Crippen LogP contribution in [0.25, 0.3) is 0 Å². The summed E-state index contributed by atoms with van der Waals surface area (Å²) in [7, 11) is 0. The number of rotatable bonds is 9. The van der Waals surface area contributed by atoms with Crippen LogP contribution >= 0.6 is 23.2 Å². The van der Waals surface area contributed by atoms with Gasteiger partial charge in [-0.3, -0.25) is 4.79 Å². The average molecular weight is 396 g/mol. The fourth-order valence-electron chi connectivity index (χ4n) is 2.37. The number of benzene rings is 2. The number of aryl methyl sites for hydroxylation is 1. The van der Waals surface area contributed by atoms with Gasteiger partial charge in [-0.25, -0.2) is 4.79 Å². The van der Waals surface area contributed by atoms with Gasteiger partial charge in [0.15, 0.2) is 0 Å². The Kier molecular flexibility index (Phi) is 7.91. The third-order valence-corrected chi connectivity index (χ3v) is 4.30. The number of carboxylic acid groups (broad SMARTS) is 1. The fraction of sp³-hybridized carbons (Fsp3) is 0.263. The first-order chi connectivity index (χ1) is 12.5. The Balaban J connectivity index is 1.67. The SMILES string of the molecule is O=C(CCc1ccccc1C(=O)O)NCCOCc1ccc(Cl)cc1Cl. The number of carbonyl (C=O) groups excluding carboxylic acids is 1. The molecule has 0 aliphatic rings. The normalized spacial score (nSPS) is 10.5. The van der Waals surface area contributed by atoms with Crippen molar-refractivity contribution in [3.63, 3.8) is 0 Å². The van der Waals surface area contributed by atoms with Crippen LogP contribution in [0.1, 0.15) is 27.9 Å². The van der Waals surface area contributed by atoms with Gasteiger partial charge in [0.2, 0.25) is 5.91 Å². The molecule has 0 bridgehead atoms. The van der Waals surface area contributed by atoms with E-state index in [0.29, 0.717) is 41.8 Å². The molecular weight excluding hydrogens is 377 g/mol. The standard InChI is InChI=1S/C19H19Cl2NO4/c20-15-7-5-14(17(21)11-15)12-26-10-9-22-18(23)8-6-13-3-1-2-4-16(13)19(24)25/h1-5,7,11H,6,8-10,12H2,(H,22,23)(H,24,25). The van der Waals surface area contributed by atoms with Gasteiger partial charge in [0.25, 0.3) is 0 Å². The maximum Gasteiger partial charge on any atom is 0.335 e. The van der Waals surface area contributed by atoms with E-state index in [2.05, 4.69) is 5.32 Å². The largest absolute Gasteiger partial charge is 0.478 e. The highest BCUT2D eigenvalue weighted by molar-refractivity contribution is 6.35. The first kappa shape index (κ1) is 20.2. The van der Waals surface area contributed by atoms with E-state index < -0.39 is 5.97 Å². The van der Waals surface area contributed by atoms with Gasteiger partial charge in [-0.1, -0.05) is 47.5 Å². The van der Waals surface area contributed by atoms with Crippen molar-refractivity contribution >= 4 is 35.1 Å². The summed E-state index contributed by atoms with van der Waals surface area (Å²) in [5.74, 6) is -1.14. The van der Waals surface area contributed by atoms with E-state index >= 15 is 0 Å². The zero-order valence-corrected chi connectivity index (χ0v) is 15.5. The molecule has 1 amide bonds. The van der Waals surface area contributed by atoms with Crippen LogP contribution < -0.4 is 5.32 Å². The number of carboxylic acids is 1. The molecule has 0 aliphatic heterocycles. The summed E-state index contributed by atoms with van der Waals surface area (Å²) in [6.45, 7) is 1.04. The summed E-state index contributed by atoms with van der Waals surface area (Å²) >= 11 is 11.9. The molecule has 0 saturated carbocycles. The molecule has 138 valence electrons. The molecule has 0 heterocycles. The summed E-state index contributed by atoms with van der Waals surface area (Å²) < 4.78 is 5.48. The van der Waals surface area contributed by atoms with Gasteiger partial charge >= 0.3 is 5.97 Å². The topological polar surface area (TPSA) is 75.6 Å². The monoisotopic (exact) mass is 395 g/mol. The summed E-state index contributed by atoms with van der Waals surface area (Å²) in [6.07, 6.45) is 0.586. The van der Waals surface area contributed by atoms with Crippen LogP contribution in [-0.4, -0.2) is 30.1 Å². The van der Waals surface area contributed by atoms with Crippen LogP contribution in [0.15, 0.2) is 42.5 Å². The number of amides is 1. The van der Waals surface area contributed by atoms with E-state index in [1.807, 2.05) is 0 Å². The van der Waals surface area contributed by atoms with Crippen molar-refractivity contribution in [3.8, 4) is 0 Å². The molecule has 0 aromatic heterocycles. The summed E-state index contributed by atoms with van der Waals surface area (Å²) in [5.41, 5.74) is 1.69. The lowest BCUT2D eigenvalue weighted by Crippen LogP contribution is -2.27. The summed E-state index contributed by atoms with van der Waals surface area (Å²) in [5, 5.41) is 13.0. The van der Waals surface area contributed by atoms with E-state index in [4.69, 9.17) is 33.0 Å². The minimum Gasteiger partial charge on any atom is -0.478 e. The van der Waals surface area contributed by atoms with E-state index in [0.717, 1.165) is 5.56 Å². The molecule has 2 aromatic carbocycles. The van der Waals surface area contributed by atoms with Crippen LogP contribution in [0.3, 0.4) is 0 Å². The molecule has 0 radical (unpaired) electrons. The van der Waals surface area contributed by atoms with Gasteiger partial charge in [-0.05, 0) is 35.7 Å². The van der Waals surface area contributed by atoms with Crippen LogP contribution in [0.2, 0.25) is 10.0 Å². The number of halogens is 2. The average Bonchev–Trinajstić information content (AvgIpc) is 2.61. The van der Waals surface area contributed by atoms with Crippen molar-refractivity contribution < 1.29 is 19.4 Å². The van der Waals surface area contributed by atoms with Gasteiger partial charge in [0.05, 0.1) is 18.8 Å². The van der Waals surface area contributed by atoms with Crippen molar-refractivity contribution in [2.75, 3.05) is 13.2 Å². The molecule has 0 spiro atoms. The maximum atomic E-state index is 11.9. The third-order valence-electron chi connectivity index (χ3n) is 3.71. The molecule has 0 unspecified atom stereocenters. The Morgan fingerprint density at radius 1 is 1.08 bits per heavy atom. The highest BCUT2D eigenvalue weighted by Gasteiger charge is 2.10. The molecule has 26 heavy (non-hydrogen) atoms. The minimum absolute atomic E-state index is 0.154. The van der Waals surface area contributed by atoms with E-state index in [-0.39, 0.29) is 17.9 Å². The Labute approximate surface area is 161 Å². The second kappa shape index (κ2) is 10.2. The molecule has 0 atom stereocenters. The molecule has 7 heteroatoms.